The van der Waals surface area contributed by atoms with E-state index < -0.39 is 0 Å². The summed E-state index contributed by atoms with van der Waals surface area (Å²) in [7, 11) is 2.06. The van der Waals surface area contributed by atoms with Crippen LogP contribution in [0.1, 0.15) is 67.7 Å². The van der Waals surface area contributed by atoms with Crippen LogP contribution in [0, 0.1) is 5.92 Å². The Hall–Kier alpha value is -0.120. The standard InChI is InChI=1S/C17H35NO2/c1-9-17(10-2,19-11-3)14(18-8)13-12-15(4,5)20-16(13,6)7/h13-14,18H,9-12H2,1-8H3. The summed E-state index contributed by atoms with van der Waals surface area (Å²) < 4.78 is 12.5. The summed E-state index contributed by atoms with van der Waals surface area (Å²) >= 11 is 0. The molecule has 3 nitrogen and oxygen atoms in total. The molecule has 1 aliphatic rings. The van der Waals surface area contributed by atoms with Gasteiger partial charge in [-0.15, -0.1) is 0 Å². The lowest BCUT2D eigenvalue weighted by Gasteiger charge is -2.45. The summed E-state index contributed by atoms with van der Waals surface area (Å²) in [6, 6.07) is 0.314. The summed E-state index contributed by atoms with van der Waals surface area (Å²) in [6.45, 7) is 16.2. The molecular weight excluding hydrogens is 250 g/mol. The van der Waals surface area contributed by atoms with Crippen LogP contribution in [0.5, 0.6) is 0 Å². The smallest absolute Gasteiger partial charge is 0.0833 e. The van der Waals surface area contributed by atoms with E-state index in [0.29, 0.717) is 12.0 Å². The summed E-state index contributed by atoms with van der Waals surface area (Å²) in [5, 5.41) is 3.56. The van der Waals surface area contributed by atoms with E-state index in [1.54, 1.807) is 0 Å². The number of hydrogen-bond acceptors (Lipinski definition) is 3. The zero-order valence-corrected chi connectivity index (χ0v) is 14.8. The topological polar surface area (TPSA) is 30.5 Å². The summed E-state index contributed by atoms with van der Waals surface area (Å²) in [4.78, 5) is 0. The van der Waals surface area contributed by atoms with Gasteiger partial charge in [-0.2, -0.15) is 0 Å². The van der Waals surface area contributed by atoms with Crippen LogP contribution in [0.15, 0.2) is 0 Å². The van der Waals surface area contributed by atoms with Gasteiger partial charge < -0.3 is 14.8 Å². The molecule has 3 heteroatoms. The molecule has 0 saturated carbocycles. The number of ether oxygens (including phenoxy) is 2. The third kappa shape index (κ3) is 3.37. The molecule has 0 radical (unpaired) electrons. The van der Waals surface area contributed by atoms with Gasteiger partial charge in [0.15, 0.2) is 0 Å². The van der Waals surface area contributed by atoms with Crippen LogP contribution < -0.4 is 5.32 Å². The van der Waals surface area contributed by atoms with Crippen molar-refractivity contribution in [2.45, 2.75) is 90.6 Å². The van der Waals surface area contributed by atoms with Crippen molar-refractivity contribution in [2.75, 3.05) is 13.7 Å². The van der Waals surface area contributed by atoms with E-state index in [4.69, 9.17) is 9.47 Å². The highest BCUT2D eigenvalue weighted by Gasteiger charge is 2.53. The molecule has 1 fully saturated rings. The fourth-order valence-corrected chi connectivity index (χ4v) is 4.23. The summed E-state index contributed by atoms with van der Waals surface area (Å²) in [5.74, 6) is 0.453. The van der Waals surface area contributed by atoms with Gasteiger partial charge in [0.05, 0.1) is 16.8 Å². The van der Waals surface area contributed by atoms with Gasteiger partial charge >= 0.3 is 0 Å². The van der Waals surface area contributed by atoms with Crippen molar-refractivity contribution in [3.8, 4) is 0 Å². The van der Waals surface area contributed by atoms with Crippen LogP contribution in [0.2, 0.25) is 0 Å². The SMILES string of the molecule is CCOC(CC)(CC)C(NC)C1CC(C)(C)OC1(C)C. The van der Waals surface area contributed by atoms with Gasteiger partial charge in [-0.3, -0.25) is 0 Å². The van der Waals surface area contributed by atoms with Crippen molar-refractivity contribution in [3.63, 3.8) is 0 Å². The normalized spacial score (nSPS) is 26.7. The highest BCUT2D eigenvalue weighted by molar-refractivity contribution is 5.06. The predicted octanol–water partition coefficient (Wildman–Crippen LogP) is 3.76. The second-order valence-corrected chi connectivity index (χ2v) is 7.25. The second-order valence-electron chi connectivity index (χ2n) is 7.25. The minimum Gasteiger partial charge on any atom is -0.374 e. The fraction of sp³-hybridized carbons (Fsp3) is 1.00. The van der Waals surface area contributed by atoms with Crippen molar-refractivity contribution >= 4 is 0 Å². The van der Waals surface area contributed by atoms with Crippen molar-refractivity contribution in [1.29, 1.82) is 0 Å². The molecule has 2 atom stereocenters. The molecule has 0 aromatic carbocycles. The number of likely N-dealkylation sites (N-methyl/N-ethyl adjacent to an activating group) is 1. The maximum atomic E-state index is 6.30. The van der Waals surface area contributed by atoms with Crippen LogP contribution in [0.3, 0.4) is 0 Å². The molecule has 20 heavy (non-hydrogen) atoms. The van der Waals surface area contributed by atoms with E-state index in [2.05, 4.69) is 60.8 Å². The first kappa shape index (κ1) is 17.9. The second kappa shape index (κ2) is 6.33. The largest absolute Gasteiger partial charge is 0.374 e. The Morgan fingerprint density at radius 2 is 1.75 bits per heavy atom. The van der Waals surface area contributed by atoms with Crippen molar-refractivity contribution in [2.24, 2.45) is 5.92 Å². The van der Waals surface area contributed by atoms with E-state index in [1.807, 2.05) is 0 Å². The number of hydrogen-bond donors (Lipinski definition) is 1. The van der Waals surface area contributed by atoms with E-state index in [1.165, 1.54) is 0 Å². The Morgan fingerprint density at radius 3 is 2.05 bits per heavy atom. The zero-order valence-electron chi connectivity index (χ0n) is 14.8. The van der Waals surface area contributed by atoms with Crippen LogP contribution in [-0.4, -0.2) is 36.5 Å². The molecule has 1 N–H and O–H groups in total. The molecule has 1 saturated heterocycles. The first-order chi connectivity index (χ1) is 9.18. The molecule has 0 aromatic heterocycles. The minimum absolute atomic E-state index is 0.0529. The number of rotatable bonds is 7. The molecule has 0 spiro atoms. The first-order valence-electron chi connectivity index (χ1n) is 8.19. The minimum atomic E-state index is -0.121. The fourth-order valence-electron chi connectivity index (χ4n) is 4.23. The third-order valence-corrected chi connectivity index (χ3v) is 5.05. The molecule has 1 heterocycles. The maximum Gasteiger partial charge on any atom is 0.0833 e. The molecule has 120 valence electrons. The van der Waals surface area contributed by atoms with Crippen LogP contribution in [0.4, 0.5) is 0 Å². The van der Waals surface area contributed by atoms with Gasteiger partial charge in [0.1, 0.15) is 0 Å². The zero-order chi connectivity index (χ0) is 15.6. The molecule has 0 aliphatic carbocycles. The van der Waals surface area contributed by atoms with E-state index >= 15 is 0 Å². The lowest BCUT2D eigenvalue weighted by molar-refractivity contribution is -0.114. The van der Waals surface area contributed by atoms with Crippen molar-refractivity contribution in [3.05, 3.63) is 0 Å². The van der Waals surface area contributed by atoms with Gasteiger partial charge in [-0.1, -0.05) is 13.8 Å². The lowest BCUT2D eigenvalue weighted by atomic mass is 9.72. The Morgan fingerprint density at radius 1 is 1.20 bits per heavy atom. The van der Waals surface area contributed by atoms with Crippen molar-refractivity contribution in [1.82, 2.24) is 5.32 Å². The summed E-state index contributed by atoms with van der Waals surface area (Å²) in [6.07, 6.45) is 3.12. The van der Waals surface area contributed by atoms with E-state index in [-0.39, 0.29) is 16.8 Å². The average molecular weight is 285 g/mol. The first-order valence-corrected chi connectivity index (χ1v) is 8.19. The molecule has 1 aliphatic heterocycles. The van der Waals surface area contributed by atoms with Gasteiger partial charge in [0.25, 0.3) is 0 Å². The van der Waals surface area contributed by atoms with Crippen LogP contribution in [0.25, 0.3) is 0 Å². The van der Waals surface area contributed by atoms with Crippen LogP contribution in [-0.2, 0) is 9.47 Å². The van der Waals surface area contributed by atoms with E-state index in [9.17, 15) is 0 Å². The Labute approximate surface area is 125 Å². The molecular formula is C17H35NO2. The van der Waals surface area contributed by atoms with Crippen LogP contribution >= 0.6 is 0 Å². The van der Waals surface area contributed by atoms with Gasteiger partial charge in [-0.25, -0.2) is 0 Å². The van der Waals surface area contributed by atoms with Gasteiger partial charge in [0, 0.05) is 18.6 Å². The predicted molar refractivity (Wildman–Crippen MR) is 85.1 cm³/mol. The Kier molecular flexibility index (Phi) is 5.67. The molecule has 1 rings (SSSR count). The molecule has 0 bridgehead atoms. The maximum absolute atomic E-state index is 6.30. The molecule has 0 aromatic rings. The van der Waals surface area contributed by atoms with Crippen molar-refractivity contribution < 1.29 is 9.47 Å². The average Bonchev–Trinajstić information content (AvgIpc) is 2.57. The summed E-state index contributed by atoms with van der Waals surface area (Å²) in [5.41, 5.74) is -0.276. The molecule has 0 amide bonds. The monoisotopic (exact) mass is 285 g/mol. The van der Waals surface area contributed by atoms with Gasteiger partial charge in [0.2, 0.25) is 0 Å². The van der Waals surface area contributed by atoms with Gasteiger partial charge in [-0.05, 0) is 60.9 Å². The highest BCUT2D eigenvalue weighted by atomic mass is 16.5. The Balaban J connectivity index is 3.11. The highest BCUT2D eigenvalue weighted by Crippen LogP contribution is 2.47. The number of nitrogens with one attached hydrogen (secondary N) is 1. The quantitative estimate of drug-likeness (QED) is 0.772. The lowest BCUT2D eigenvalue weighted by Crippen LogP contribution is -2.58. The Bertz CT molecular complexity index is 308. The molecule has 2 unspecified atom stereocenters. The van der Waals surface area contributed by atoms with E-state index in [0.717, 1.165) is 25.9 Å². The third-order valence-electron chi connectivity index (χ3n) is 5.05.